The van der Waals surface area contributed by atoms with Crippen molar-refractivity contribution in [1.82, 2.24) is 25.2 Å². The maximum absolute atomic E-state index is 5.72. The molecule has 0 saturated carbocycles. The molecule has 0 atom stereocenters. The molecule has 0 fully saturated rings. The minimum absolute atomic E-state index is 0.520. The number of hydrogen-bond donors (Lipinski definition) is 0. The van der Waals surface area contributed by atoms with E-state index in [0.717, 1.165) is 27.9 Å². The number of tetrazole rings is 1. The molecule has 0 N–H and O–H groups in total. The molecule has 0 spiro atoms. The molecule has 7 heteroatoms. The van der Waals surface area contributed by atoms with E-state index in [9.17, 15) is 0 Å². The van der Waals surface area contributed by atoms with Gasteiger partial charge < -0.3 is 4.42 Å². The van der Waals surface area contributed by atoms with E-state index >= 15 is 0 Å². The minimum Gasteiger partial charge on any atom is -0.431 e. The van der Waals surface area contributed by atoms with Crippen LogP contribution < -0.4 is 0 Å². The van der Waals surface area contributed by atoms with E-state index in [2.05, 4.69) is 40.4 Å². The average Bonchev–Trinajstić information content (AvgIpc) is 3.12. The van der Waals surface area contributed by atoms with Crippen molar-refractivity contribution in [3.05, 3.63) is 53.6 Å². The van der Waals surface area contributed by atoms with Crippen LogP contribution in [0.15, 0.2) is 57.3 Å². The smallest absolute Gasteiger partial charge is 0.264 e. The number of nitrogens with zero attached hydrogens (tertiary/aromatic N) is 5. The number of fused-ring (bicyclic) bond motifs is 1. The van der Waals surface area contributed by atoms with Crippen molar-refractivity contribution in [1.29, 1.82) is 0 Å². The summed E-state index contributed by atoms with van der Waals surface area (Å²) in [7, 11) is 0. The summed E-state index contributed by atoms with van der Waals surface area (Å²) in [5.74, 6) is 0. The second kappa shape index (κ2) is 5.51. The van der Waals surface area contributed by atoms with Crippen LogP contribution in [0.3, 0.4) is 0 Å². The van der Waals surface area contributed by atoms with Crippen LogP contribution in [0.1, 0.15) is 11.1 Å². The molecule has 4 rings (SSSR count). The molecular formula is C16H13N5OS. The summed E-state index contributed by atoms with van der Waals surface area (Å²) in [4.78, 5) is 4.44. The molecule has 114 valence electrons. The highest BCUT2D eigenvalue weighted by atomic mass is 32.2. The van der Waals surface area contributed by atoms with Gasteiger partial charge in [-0.2, -0.15) is 4.68 Å². The van der Waals surface area contributed by atoms with Crippen molar-refractivity contribution >= 4 is 22.9 Å². The lowest BCUT2D eigenvalue weighted by Crippen LogP contribution is -2.00. The molecule has 23 heavy (non-hydrogen) atoms. The zero-order chi connectivity index (χ0) is 15.8. The van der Waals surface area contributed by atoms with Crippen molar-refractivity contribution in [2.75, 3.05) is 0 Å². The lowest BCUT2D eigenvalue weighted by molar-refractivity contribution is 0.488. The van der Waals surface area contributed by atoms with Crippen molar-refractivity contribution in [3.8, 4) is 5.69 Å². The van der Waals surface area contributed by atoms with Crippen LogP contribution in [0, 0.1) is 13.8 Å². The molecule has 0 bridgehead atoms. The highest BCUT2D eigenvalue weighted by Gasteiger charge is 2.15. The highest BCUT2D eigenvalue weighted by molar-refractivity contribution is 7.99. The molecule has 0 saturated heterocycles. The number of aromatic nitrogens is 5. The summed E-state index contributed by atoms with van der Waals surface area (Å²) in [6, 6.07) is 13.8. The molecule has 0 unspecified atom stereocenters. The Balaban J connectivity index is 1.72. The van der Waals surface area contributed by atoms with Crippen LogP contribution in [-0.4, -0.2) is 25.2 Å². The third-order valence-electron chi connectivity index (χ3n) is 3.34. The van der Waals surface area contributed by atoms with Gasteiger partial charge in [0.2, 0.25) is 5.16 Å². The second-order valence-corrected chi connectivity index (χ2v) is 6.19. The average molecular weight is 323 g/mol. The first-order chi connectivity index (χ1) is 11.2. The summed E-state index contributed by atoms with van der Waals surface area (Å²) in [5.41, 5.74) is 4.81. The van der Waals surface area contributed by atoms with Gasteiger partial charge in [-0.3, -0.25) is 0 Å². The zero-order valence-electron chi connectivity index (χ0n) is 12.6. The fraction of sp³-hybridized carbons (Fsp3) is 0.125. The first-order valence-corrected chi connectivity index (χ1v) is 7.91. The second-order valence-electron chi connectivity index (χ2n) is 5.27. The first-order valence-electron chi connectivity index (χ1n) is 7.09. The van der Waals surface area contributed by atoms with E-state index < -0.39 is 0 Å². The number of hydrogen-bond acceptors (Lipinski definition) is 6. The summed E-state index contributed by atoms with van der Waals surface area (Å²) in [5, 5.41) is 13.1. The van der Waals surface area contributed by atoms with Crippen LogP contribution in [0.5, 0.6) is 0 Å². The summed E-state index contributed by atoms with van der Waals surface area (Å²) >= 11 is 1.30. The van der Waals surface area contributed by atoms with Crippen LogP contribution >= 0.6 is 11.8 Å². The Kier molecular flexibility index (Phi) is 3.34. The van der Waals surface area contributed by atoms with E-state index in [-0.39, 0.29) is 0 Å². The SMILES string of the molecule is Cc1cc(C)cc(-n2nnnc2Sc2nc3ccccc3o2)c1. The van der Waals surface area contributed by atoms with Crippen molar-refractivity contribution < 1.29 is 4.42 Å². The maximum Gasteiger partial charge on any atom is 0.264 e. The van der Waals surface area contributed by atoms with Crippen molar-refractivity contribution in [2.45, 2.75) is 24.2 Å². The normalized spacial score (nSPS) is 11.2. The zero-order valence-corrected chi connectivity index (χ0v) is 13.4. The summed E-state index contributed by atoms with van der Waals surface area (Å²) in [6.07, 6.45) is 0. The molecule has 2 heterocycles. The van der Waals surface area contributed by atoms with Crippen LogP contribution in [0.4, 0.5) is 0 Å². The molecular weight excluding hydrogens is 310 g/mol. The lowest BCUT2D eigenvalue weighted by Gasteiger charge is -2.05. The highest BCUT2D eigenvalue weighted by Crippen LogP contribution is 2.29. The summed E-state index contributed by atoms with van der Waals surface area (Å²) in [6.45, 7) is 4.10. The van der Waals surface area contributed by atoms with E-state index in [1.54, 1.807) is 4.68 Å². The molecule has 6 nitrogen and oxygen atoms in total. The van der Waals surface area contributed by atoms with Gasteiger partial charge in [-0.05, 0) is 59.7 Å². The van der Waals surface area contributed by atoms with Crippen LogP contribution in [0.2, 0.25) is 0 Å². The van der Waals surface area contributed by atoms with Gasteiger partial charge in [-0.1, -0.05) is 18.2 Å². The number of aryl methyl sites for hydroxylation is 2. The summed E-state index contributed by atoms with van der Waals surface area (Å²) < 4.78 is 7.42. The molecule has 0 aliphatic rings. The Morgan fingerprint density at radius 1 is 1.04 bits per heavy atom. The molecule has 4 aromatic rings. The van der Waals surface area contributed by atoms with Crippen molar-refractivity contribution in [2.24, 2.45) is 0 Å². The van der Waals surface area contributed by atoms with Gasteiger partial charge in [0.15, 0.2) is 5.58 Å². The van der Waals surface area contributed by atoms with E-state index in [1.165, 1.54) is 11.8 Å². The van der Waals surface area contributed by atoms with Gasteiger partial charge in [-0.15, -0.1) is 5.10 Å². The predicted octanol–water partition coefficient (Wildman–Crippen LogP) is 3.57. The Bertz CT molecular complexity index is 938. The van der Waals surface area contributed by atoms with E-state index in [4.69, 9.17) is 4.42 Å². The minimum atomic E-state index is 0.520. The van der Waals surface area contributed by atoms with Gasteiger partial charge in [0.05, 0.1) is 5.69 Å². The number of oxazole rings is 1. The van der Waals surface area contributed by atoms with E-state index in [1.807, 2.05) is 36.4 Å². The van der Waals surface area contributed by atoms with Crippen molar-refractivity contribution in [3.63, 3.8) is 0 Å². The largest absolute Gasteiger partial charge is 0.431 e. The van der Waals surface area contributed by atoms with Gasteiger partial charge in [0, 0.05) is 11.8 Å². The Hall–Kier alpha value is -2.67. The Labute approximate surface area is 136 Å². The maximum atomic E-state index is 5.72. The molecule has 2 aromatic carbocycles. The van der Waals surface area contributed by atoms with Crippen LogP contribution in [0.25, 0.3) is 16.8 Å². The molecule has 0 radical (unpaired) electrons. The molecule has 0 amide bonds. The van der Waals surface area contributed by atoms with E-state index in [0.29, 0.717) is 10.4 Å². The number of para-hydroxylation sites is 2. The number of benzene rings is 2. The molecule has 2 aromatic heterocycles. The molecule has 0 aliphatic carbocycles. The monoisotopic (exact) mass is 323 g/mol. The fourth-order valence-corrected chi connectivity index (χ4v) is 3.19. The standard InChI is InChI=1S/C16H13N5OS/c1-10-7-11(2)9-12(8-10)21-15(18-19-20-21)23-16-17-13-5-3-4-6-14(13)22-16/h3-9H,1-2H3. The fourth-order valence-electron chi connectivity index (χ4n) is 2.45. The Morgan fingerprint density at radius 3 is 2.61 bits per heavy atom. The van der Waals surface area contributed by atoms with Gasteiger partial charge in [0.1, 0.15) is 5.52 Å². The predicted molar refractivity (Wildman–Crippen MR) is 86.8 cm³/mol. The van der Waals surface area contributed by atoms with Gasteiger partial charge in [0.25, 0.3) is 5.22 Å². The quantitative estimate of drug-likeness (QED) is 0.574. The Morgan fingerprint density at radius 2 is 1.83 bits per heavy atom. The van der Waals surface area contributed by atoms with Gasteiger partial charge in [-0.25, -0.2) is 4.98 Å². The lowest BCUT2D eigenvalue weighted by atomic mass is 10.1. The van der Waals surface area contributed by atoms with Gasteiger partial charge >= 0.3 is 0 Å². The molecule has 0 aliphatic heterocycles. The van der Waals surface area contributed by atoms with Crippen LogP contribution in [-0.2, 0) is 0 Å². The topological polar surface area (TPSA) is 69.6 Å². The number of rotatable bonds is 3. The third-order valence-corrected chi connectivity index (χ3v) is 4.13. The third kappa shape index (κ3) is 2.70. The first kappa shape index (κ1) is 14.0.